The molecule has 6 nitrogen and oxygen atoms in total. The van der Waals surface area contributed by atoms with Crippen molar-refractivity contribution < 1.29 is 18.0 Å². The summed E-state index contributed by atoms with van der Waals surface area (Å²) < 4.78 is 24.8. The molecule has 37 heavy (non-hydrogen) atoms. The average Bonchev–Trinajstić information content (AvgIpc) is 3.66. The lowest BCUT2D eigenvalue weighted by Gasteiger charge is -2.36. The molecule has 1 N–H and O–H groups in total. The smallest absolute Gasteiger partial charge is 0.254 e. The summed E-state index contributed by atoms with van der Waals surface area (Å²) in [5, 5.41) is 2.85. The fourth-order valence-electron chi connectivity index (χ4n) is 4.13. The molecule has 0 heterocycles. The van der Waals surface area contributed by atoms with Crippen molar-refractivity contribution in [2.24, 2.45) is 5.92 Å². The van der Waals surface area contributed by atoms with E-state index in [2.05, 4.69) is 5.32 Å². The van der Waals surface area contributed by atoms with Gasteiger partial charge in [-0.2, -0.15) is 0 Å². The zero-order valence-electron chi connectivity index (χ0n) is 21.6. The summed E-state index contributed by atoms with van der Waals surface area (Å²) in [6.07, 6.45) is 2.09. The monoisotopic (exact) mass is 518 g/mol. The Balaban J connectivity index is 1.36. The van der Waals surface area contributed by atoms with Crippen LogP contribution in [0.15, 0.2) is 83.8 Å². The van der Waals surface area contributed by atoms with Gasteiger partial charge in [0.2, 0.25) is 5.91 Å². The van der Waals surface area contributed by atoms with E-state index in [-0.39, 0.29) is 35.4 Å². The molecule has 1 aliphatic carbocycles. The molecule has 1 aliphatic rings. The second-order valence-corrected chi connectivity index (χ2v) is 12.8. The van der Waals surface area contributed by atoms with Crippen LogP contribution in [0.25, 0.3) is 0 Å². The summed E-state index contributed by atoms with van der Waals surface area (Å²) in [4.78, 5) is 28.0. The lowest BCUT2D eigenvalue weighted by molar-refractivity contribution is -0.115. The third-order valence-corrected chi connectivity index (χ3v) is 8.35. The molecule has 0 spiro atoms. The van der Waals surface area contributed by atoms with Crippen molar-refractivity contribution >= 4 is 27.3 Å². The van der Waals surface area contributed by atoms with Crippen LogP contribution in [-0.4, -0.2) is 36.4 Å². The minimum absolute atomic E-state index is 0.0778. The lowest BCUT2D eigenvalue weighted by atomic mass is 10.0. The molecule has 0 radical (unpaired) electrons. The highest BCUT2D eigenvalue weighted by molar-refractivity contribution is 7.91. The number of hydrogen-bond donors (Lipinski definition) is 1. The number of rotatable bonds is 9. The quantitative estimate of drug-likeness (QED) is 0.406. The van der Waals surface area contributed by atoms with Crippen LogP contribution in [0.5, 0.6) is 0 Å². The number of sulfone groups is 1. The minimum atomic E-state index is -3.27. The van der Waals surface area contributed by atoms with Gasteiger partial charge in [-0.05, 0) is 87.1 Å². The molecule has 3 aromatic carbocycles. The fourth-order valence-corrected chi connectivity index (χ4v) is 5.82. The number of carbonyl (C=O) groups is 2. The molecule has 0 aromatic heterocycles. The van der Waals surface area contributed by atoms with E-state index >= 15 is 0 Å². The highest BCUT2D eigenvalue weighted by atomic mass is 32.2. The van der Waals surface area contributed by atoms with Crippen molar-refractivity contribution in [3.8, 4) is 0 Å². The summed E-state index contributed by atoms with van der Waals surface area (Å²) >= 11 is 0. The first-order valence-electron chi connectivity index (χ1n) is 12.6. The second kappa shape index (κ2) is 10.9. The van der Waals surface area contributed by atoms with Gasteiger partial charge in [-0.15, -0.1) is 0 Å². The SMILES string of the molecule is CC(C)(C)N(Cc1ccccc1)C(=O)c1ccc(NC(=O)Cc2ccc(S(=O)(=O)CC3CC3)cc2)cc1. The number of benzene rings is 3. The summed E-state index contributed by atoms with van der Waals surface area (Å²) in [5.74, 6) is 0.196. The minimum Gasteiger partial charge on any atom is -0.329 e. The topological polar surface area (TPSA) is 83.6 Å². The standard InChI is InChI=1S/C30H34N2O4S/c1-30(2,3)32(20-23-7-5-4-6-8-23)29(34)25-13-15-26(16-14-25)31-28(33)19-22-11-17-27(18-12-22)37(35,36)21-24-9-10-24/h4-8,11-18,24H,9-10,19-21H2,1-3H3,(H,31,33). The first-order chi connectivity index (χ1) is 17.5. The van der Waals surface area contributed by atoms with Gasteiger partial charge in [-0.25, -0.2) is 8.42 Å². The molecule has 0 aliphatic heterocycles. The number of amides is 2. The zero-order chi connectivity index (χ0) is 26.6. The Bertz CT molecular complexity index is 1340. The molecular formula is C30H34N2O4S. The largest absolute Gasteiger partial charge is 0.329 e. The third kappa shape index (κ3) is 7.29. The van der Waals surface area contributed by atoms with E-state index < -0.39 is 9.84 Å². The van der Waals surface area contributed by atoms with Crippen LogP contribution < -0.4 is 5.32 Å². The summed E-state index contributed by atoms with van der Waals surface area (Å²) in [7, 11) is -3.27. The first-order valence-corrected chi connectivity index (χ1v) is 14.2. The van der Waals surface area contributed by atoms with E-state index in [9.17, 15) is 18.0 Å². The molecule has 0 unspecified atom stereocenters. The number of nitrogens with zero attached hydrogens (tertiary/aromatic N) is 1. The Hall–Kier alpha value is -3.45. The van der Waals surface area contributed by atoms with Crippen molar-refractivity contribution in [2.75, 3.05) is 11.1 Å². The van der Waals surface area contributed by atoms with E-state index in [4.69, 9.17) is 0 Å². The van der Waals surface area contributed by atoms with Crippen LogP contribution in [0.3, 0.4) is 0 Å². The molecule has 194 valence electrons. The van der Waals surface area contributed by atoms with Gasteiger partial charge in [0.25, 0.3) is 5.91 Å². The van der Waals surface area contributed by atoms with Gasteiger partial charge in [0.15, 0.2) is 9.84 Å². The number of nitrogens with one attached hydrogen (secondary N) is 1. The van der Waals surface area contributed by atoms with E-state index in [1.54, 1.807) is 48.5 Å². The molecular weight excluding hydrogens is 484 g/mol. The number of hydrogen-bond acceptors (Lipinski definition) is 4. The molecule has 0 bridgehead atoms. The maximum Gasteiger partial charge on any atom is 0.254 e. The van der Waals surface area contributed by atoms with Crippen LogP contribution in [0.1, 0.15) is 55.1 Å². The maximum atomic E-state index is 13.3. The highest BCUT2D eigenvalue weighted by Crippen LogP contribution is 2.32. The maximum absolute atomic E-state index is 13.3. The van der Waals surface area contributed by atoms with Gasteiger partial charge < -0.3 is 10.2 Å². The van der Waals surface area contributed by atoms with Crippen LogP contribution in [0.4, 0.5) is 5.69 Å². The van der Waals surface area contributed by atoms with Gasteiger partial charge in [-0.3, -0.25) is 9.59 Å². The Kier molecular flexibility index (Phi) is 7.83. The van der Waals surface area contributed by atoms with Crippen LogP contribution in [0.2, 0.25) is 0 Å². The van der Waals surface area contributed by atoms with Crippen LogP contribution >= 0.6 is 0 Å². The summed E-state index contributed by atoms with van der Waals surface area (Å²) in [6, 6.07) is 23.3. The Morgan fingerprint density at radius 1 is 0.865 bits per heavy atom. The Morgan fingerprint density at radius 2 is 1.49 bits per heavy atom. The number of carbonyl (C=O) groups excluding carboxylic acids is 2. The highest BCUT2D eigenvalue weighted by Gasteiger charge is 2.29. The molecule has 3 aromatic rings. The Labute approximate surface area is 219 Å². The molecule has 1 fully saturated rings. The van der Waals surface area contributed by atoms with Crippen molar-refractivity contribution in [3.63, 3.8) is 0 Å². The fraction of sp³-hybridized carbons (Fsp3) is 0.333. The predicted octanol–water partition coefficient (Wildman–Crippen LogP) is 5.49. The molecule has 4 rings (SSSR count). The van der Waals surface area contributed by atoms with Gasteiger partial charge in [0.1, 0.15) is 0 Å². The molecule has 1 saturated carbocycles. The van der Waals surface area contributed by atoms with Crippen molar-refractivity contribution in [3.05, 3.63) is 95.6 Å². The molecule has 0 atom stereocenters. The van der Waals surface area contributed by atoms with Crippen molar-refractivity contribution in [1.29, 1.82) is 0 Å². The van der Waals surface area contributed by atoms with Crippen molar-refractivity contribution in [2.45, 2.75) is 57.0 Å². The second-order valence-electron chi connectivity index (χ2n) is 10.7. The van der Waals surface area contributed by atoms with Gasteiger partial charge >= 0.3 is 0 Å². The van der Waals surface area contributed by atoms with Gasteiger partial charge in [0.05, 0.1) is 17.1 Å². The van der Waals surface area contributed by atoms with Crippen LogP contribution in [-0.2, 0) is 27.6 Å². The number of anilines is 1. The predicted molar refractivity (Wildman–Crippen MR) is 146 cm³/mol. The van der Waals surface area contributed by atoms with E-state index in [1.807, 2.05) is 56.0 Å². The van der Waals surface area contributed by atoms with Gasteiger partial charge in [0, 0.05) is 23.3 Å². The molecule has 7 heteroatoms. The lowest BCUT2D eigenvalue weighted by Crippen LogP contribution is -2.45. The summed E-state index contributed by atoms with van der Waals surface area (Å²) in [5.41, 5.74) is 2.56. The Morgan fingerprint density at radius 3 is 2.05 bits per heavy atom. The first kappa shape index (κ1) is 26.6. The van der Waals surface area contributed by atoms with E-state index in [1.165, 1.54) is 0 Å². The zero-order valence-corrected chi connectivity index (χ0v) is 22.4. The van der Waals surface area contributed by atoms with Gasteiger partial charge in [-0.1, -0.05) is 42.5 Å². The van der Waals surface area contributed by atoms with E-state index in [0.717, 1.165) is 24.0 Å². The normalized spacial score (nSPS) is 13.7. The summed E-state index contributed by atoms with van der Waals surface area (Å²) in [6.45, 7) is 6.54. The molecule has 0 saturated heterocycles. The molecule has 2 amide bonds. The van der Waals surface area contributed by atoms with Crippen molar-refractivity contribution in [1.82, 2.24) is 4.90 Å². The average molecular weight is 519 g/mol. The van der Waals surface area contributed by atoms with E-state index in [0.29, 0.717) is 22.7 Å². The third-order valence-electron chi connectivity index (χ3n) is 6.45. The van der Waals surface area contributed by atoms with Crippen LogP contribution in [0, 0.1) is 5.92 Å².